The predicted molar refractivity (Wildman–Crippen MR) is 69.7 cm³/mol. The first-order valence-electron chi connectivity index (χ1n) is 7.25. The Morgan fingerprint density at radius 1 is 1.26 bits per heavy atom. The van der Waals surface area contributed by atoms with Crippen LogP contribution in [0.25, 0.3) is 0 Å². The van der Waals surface area contributed by atoms with Crippen molar-refractivity contribution < 1.29 is 19.4 Å². The van der Waals surface area contributed by atoms with E-state index in [1.807, 2.05) is 4.90 Å². The average molecular weight is 269 g/mol. The Kier molecular flexibility index (Phi) is 5.19. The quantitative estimate of drug-likeness (QED) is 0.840. The lowest BCUT2D eigenvalue weighted by Crippen LogP contribution is -2.45. The van der Waals surface area contributed by atoms with Crippen LogP contribution >= 0.6 is 0 Å². The number of piperidine rings is 1. The molecule has 2 rings (SSSR count). The van der Waals surface area contributed by atoms with E-state index in [1.165, 1.54) is 0 Å². The molecule has 2 atom stereocenters. The van der Waals surface area contributed by atoms with Crippen LogP contribution in [0, 0.1) is 11.8 Å². The summed E-state index contributed by atoms with van der Waals surface area (Å²) in [6, 6.07) is 0. The molecule has 0 unspecified atom stereocenters. The van der Waals surface area contributed by atoms with Gasteiger partial charge in [0.1, 0.15) is 0 Å². The van der Waals surface area contributed by atoms with Crippen molar-refractivity contribution in [3.8, 4) is 0 Å². The maximum Gasteiger partial charge on any atom is 0.303 e. The van der Waals surface area contributed by atoms with Crippen LogP contribution in [0.1, 0.15) is 38.5 Å². The molecule has 0 aromatic carbocycles. The number of ether oxygens (including phenoxy) is 1. The van der Waals surface area contributed by atoms with Gasteiger partial charge in [-0.05, 0) is 38.0 Å². The summed E-state index contributed by atoms with van der Waals surface area (Å²) in [6.07, 6.45) is 4.81. The van der Waals surface area contributed by atoms with Gasteiger partial charge in [-0.3, -0.25) is 9.59 Å². The molecule has 2 heterocycles. The molecule has 0 aromatic heterocycles. The third-order valence-electron chi connectivity index (χ3n) is 4.11. The minimum absolute atomic E-state index is 0.0203. The Morgan fingerprint density at radius 2 is 2.11 bits per heavy atom. The highest BCUT2D eigenvalue weighted by atomic mass is 16.5. The monoisotopic (exact) mass is 269 g/mol. The third-order valence-corrected chi connectivity index (χ3v) is 4.11. The molecular weight excluding hydrogens is 246 g/mol. The van der Waals surface area contributed by atoms with Gasteiger partial charge in [0.25, 0.3) is 0 Å². The minimum atomic E-state index is -0.746. The lowest BCUT2D eigenvalue weighted by Gasteiger charge is -2.35. The molecule has 1 amide bonds. The van der Waals surface area contributed by atoms with Crippen LogP contribution in [0.2, 0.25) is 0 Å². The van der Waals surface area contributed by atoms with Crippen molar-refractivity contribution >= 4 is 11.9 Å². The molecule has 5 nitrogen and oxygen atoms in total. The van der Waals surface area contributed by atoms with Gasteiger partial charge in [-0.15, -0.1) is 0 Å². The lowest BCUT2D eigenvalue weighted by molar-refractivity contribution is -0.141. The minimum Gasteiger partial charge on any atom is -0.481 e. The Hall–Kier alpha value is -1.10. The highest BCUT2D eigenvalue weighted by Crippen LogP contribution is 2.24. The van der Waals surface area contributed by atoms with E-state index in [-0.39, 0.29) is 18.2 Å². The van der Waals surface area contributed by atoms with Crippen molar-refractivity contribution in [2.45, 2.75) is 38.5 Å². The Labute approximate surface area is 113 Å². The molecule has 0 radical (unpaired) electrons. The molecule has 2 aliphatic rings. The van der Waals surface area contributed by atoms with Crippen LogP contribution in [0.5, 0.6) is 0 Å². The Balaban J connectivity index is 1.82. The van der Waals surface area contributed by atoms with E-state index in [4.69, 9.17) is 9.84 Å². The topological polar surface area (TPSA) is 66.8 Å². The van der Waals surface area contributed by atoms with Crippen LogP contribution in [-0.2, 0) is 14.3 Å². The fourth-order valence-electron chi connectivity index (χ4n) is 3.02. The second-order valence-corrected chi connectivity index (χ2v) is 5.64. The number of hydrogen-bond acceptors (Lipinski definition) is 3. The third kappa shape index (κ3) is 4.20. The van der Waals surface area contributed by atoms with Gasteiger partial charge in [0.2, 0.25) is 5.91 Å². The number of amides is 1. The largest absolute Gasteiger partial charge is 0.481 e. The van der Waals surface area contributed by atoms with Crippen molar-refractivity contribution in [3.63, 3.8) is 0 Å². The van der Waals surface area contributed by atoms with Crippen molar-refractivity contribution in [3.05, 3.63) is 0 Å². The summed E-state index contributed by atoms with van der Waals surface area (Å²) < 4.78 is 5.37. The molecule has 0 aromatic rings. The SMILES string of the molecule is O=C(O)CC[C@@H]1CCCN(C(=O)[C@@H]2CCCOC2)C1. The molecule has 108 valence electrons. The molecule has 19 heavy (non-hydrogen) atoms. The molecule has 2 fully saturated rings. The highest BCUT2D eigenvalue weighted by molar-refractivity contribution is 5.79. The van der Waals surface area contributed by atoms with E-state index in [9.17, 15) is 9.59 Å². The average Bonchev–Trinajstić information content (AvgIpc) is 2.45. The first-order chi connectivity index (χ1) is 9.16. The van der Waals surface area contributed by atoms with E-state index < -0.39 is 5.97 Å². The van der Waals surface area contributed by atoms with Gasteiger partial charge in [0, 0.05) is 26.1 Å². The van der Waals surface area contributed by atoms with Crippen molar-refractivity contribution in [1.82, 2.24) is 4.90 Å². The van der Waals surface area contributed by atoms with Gasteiger partial charge in [-0.25, -0.2) is 0 Å². The van der Waals surface area contributed by atoms with Crippen LogP contribution in [0.4, 0.5) is 0 Å². The van der Waals surface area contributed by atoms with Gasteiger partial charge in [0.15, 0.2) is 0 Å². The fraction of sp³-hybridized carbons (Fsp3) is 0.857. The van der Waals surface area contributed by atoms with Gasteiger partial charge in [-0.1, -0.05) is 0 Å². The standard InChI is InChI=1S/C14H23NO4/c16-13(17)6-5-11-3-1-7-15(9-11)14(18)12-4-2-8-19-10-12/h11-12H,1-10H2,(H,16,17)/t11-,12+/m0/s1. The number of carbonyl (C=O) groups is 2. The van der Waals surface area contributed by atoms with Crippen LogP contribution in [0.3, 0.4) is 0 Å². The van der Waals surface area contributed by atoms with Gasteiger partial charge < -0.3 is 14.7 Å². The molecule has 2 saturated heterocycles. The smallest absolute Gasteiger partial charge is 0.303 e. The molecule has 5 heteroatoms. The van der Waals surface area contributed by atoms with E-state index in [0.717, 1.165) is 45.4 Å². The molecular formula is C14H23NO4. The number of carboxylic acid groups (broad SMARTS) is 1. The van der Waals surface area contributed by atoms with E-state index >= 15 is 0 Å². The summed E-state index contributed by atoms with van der Waals surface area (Å²) in [6.45, 7) is 2.86. The molecule has 0 bridgehead atoms. The lowest BCUT2D eigenvalue weighted by atomic mass is 9.91. The molecule has 2 aliphatic heterocycles. The van der Waals surface area contributed by atoms with Gasteiger partial charge in [0.05, 0.1) is 12.5 Å². The number of aliphatic carboxylic acids is 1. The maximum atomic E-state index is 12.4. The van der Waals surface area contributed by atoms with Crippen molar-refractivity contribution in [1.29, 1.82) is 0 Å². The first-order valence-corrected chi connectivity index (χ1v) is 7.25. The van der Waals surface area contributed by atoms with Crippen molar-refractivity contribution in [2.24, 2.45) is 11.8 Å². The highest BCUT2D eigenvalue weighted by Gasteiger charge is 2.30. The normalized spacial score (nSPS) is 28.1. The summed E-state index contributed by atoms with van der Waals surface area (Å²) in [4.78, 5) is 24.9. The van der Waals surface area contributed by atoms with Crippen LogP contribution in [-0.4, -0.2) is 48.2 Å². The zero-order chi connectivity index (χ0) is 13.7. The van der Waals surface area contributed by atoms with Gasteiger partial charge >= 0.3 is 5.97 Å². The Bertz CT molecular complexity index is 325. The number of carbonyl (C=O) groups excluding carboxylic acids is 1. The van der Waals surface area contributed by atoms with Gasteiger partial charge in [-0.2, -0.15) is 0 Å². The number of rotatable bonds is 4. The first kappa shape index (κ1) is 14.3. The molecule has 0 aliphatic carbocycles. The summed E-state index contributed by atoms with van der Waals surface area (Å²) in [5, 5.41) is 8.73. The molecule has 0 saturated carbocycles. The number of likely N-dealkylation sites (tertiary alicyclic amines) is 1. The summed E-state index contributed by atoms with van der Waals surface area (Å²) in [5.41, 5.74) is 0. The zero-order valence-electron chi connectivity index (χ0n) is 11.3. The maximum absolute atomic E-state index is 12.4. The fourth-order valence-corrected chi connectivity index (χ4v) is 3.02. The second-order valence-electron chi connectivity index (χ2n) is 5.64. The predicted octanol–water partition coefficient (Wildman–Crippen LogP) is 1.52. The van der Waals surface area contributed by atoms with E-state index in [1.54, 1.807) is 0 Å². The van der Waals surface area contributed by atoms with E-state index in [0.29, 0.717) is 18.9 Å². The number of nitrogens with zero attached hydrogens (tertiary/aromatic N) is 1. The van der Waals surface area contributed by atoms with Crippen molar-refractivity contribution in [2.75, 3.05) is 26.3 Å². The second kappa shape index (κ2) is 6.89. The van der Waals surface area contributed by atoms with Crippen LogP contribution < -0.4 is 0 Å². The summed E-state index contributed by atoms with van der Waals surface area (Å²) in [5.74, 6) is -0.172. The van der Waals surface area contributed by atoms with E-state index in [2.05, 4.69) is 0 Å². The summed E-state index contributed by atoms with van der Waals surface area (Å²) in [7, 11) is 0. The van der Waals surface area contributed by atoms with Crippen LogP contribution in [0.15, 0.2) is 0 Å². The zero-order valence-corrected chi connectivity index (χ0v) is 11.3. The summed E-state index contributed by atoms with van der Waals surface area (Å²) >= 11 is 0. The molecule has 1 N–H and O–H groups in total. The molecule has 0 spiro atoms. The Morgan fingerprint density at radius 3 is 2.79 bits per heavy atom. The number of hydrogen-bond donors (Lipinski definition) is 1. The number of carboxylic acids is 1.